The highest BCUT2D eigenvalue weighted by Crippen LogP contribution is 2.46. The van der Waals surface area contributed by atoms with Gasteiger partial charge in [-0.3, -0.25) is 4.79 Å². The molecular formula is C18H18O9. The highest BCUT2D eigenvalue weighted by molar-refractivity contribution is 6.02. The van der Waals surface area contributed by atoms with Crippen LogP contribution in [0.3, 0.4) is 0 Å². The zero-order valence-corrected chi connectivity index (χ0v) is 14.6. The van der Waals surface area contributed by atoms with Gasteiger partial charge in [0.25, 0.3) is 0 Å². The summed E-state index contributed by atoms with van der Waals surface area (Å²) < 4.78 is 19.9. The summed E-state index contributed by atoms with van der Waals surface area (Å²) >= 11 is 0. The molecule has 1 fully saturated rings. The molecule has 9 nitrogen and oxygen atoms in total. The molecule has 0 aromatic rings. The van der Waals surface area contributed by atoms with Crippen LogP contribution in [0, 0.1) is 5.92 Å². The van der Waals surface area contributed by atoms with Crippen LogP contribution >= 0.6 is 0 Å². The first-order valence-corrected chi connectivity index (χ1v) is 7.57. The molecule has 0 aromatic heterocycles. The molecule has 1 aliphatic rings. The van der Waals surface area contributed by atoms with Gasteiger partial charge in [-0.2, -0.15) is 0 Å². The van der Waals surface area contributed by atoms with E-state index in [9.17, 15) is 24.0 Å². The van der Waals surface area contributed by atoms with Crippen molar-refractivity contribution in [1.29, 1.82) is 0 Å². The van der Waals surface area contributed by atoms with E-state index in [1.54, 1.807) is 0 Å². The van der Waals surface area contributed by atoms with E-state index in [1.807, 2.05) is 0 Å². The summed E-state index contributed by atoms with van der Waals surface area (Å²) in [5.41, 5.74) is 0. The van der Waals surface area contributed by atoms with Crippen LogP contribution in [-0.4, -0.2) is 41.2 Å². The van der Waals surface area contributed by atoms with E-state index in [0.29, 0.717) is 0 Å². The Morgan fingerprint density at radius 3 is 1.48 bits per heavy atom. The van der Waals surface area contributed by atoms with Gasteiger partial charge in [-0.05, 0) is 0 Å². The van der Waals surface area contributed by atoms with Crippen LogP contribution < -0.4 is 0 Å². The fourth-order valence-electron chi connectivity index (χ4n) is 2.42. The van der Waals surface area contributed by atoms with E-state index >= 15 is 0 Å². The Balaban J connectivity index is 3.53. The van der Waals surface area contributed by atoms with E-state index in [4.69, 9.17) is 18.9 Å². The molecule has 1 unspecified atom stereocenters. The molecule has 0 bridgehead atoms. The number of ketones is 1. The van der Waals surface area contributed by atoms with Crippen LogP contribution in [0.4, 0.5) is 0 Å². The van der Waals surface area contributed by atoms with Crippen molar-refractivity contribution < 1.29 is 42.9 Å². The lowest BCUT2D eigenvalue weighted by molar-refractivity contribution is -0.238. The average molecular weight is 378 g/mol. The minimum Gasteiger partial charge on any atom is -0.411 e. The lowest BCUT2D eigenvalue weighted by Gasteiger charge is -2.31. The number of rotatable bonds is 8. The van der Waals surface area contributed by atoms with Crippen LogP contribution in [0.15, 0.2) is 50.6 Å². The molecule has 144 valence electrons. The topological polar surface area (TPSA) is 122 Å². The molecule has 0 saturated heterocycles. The Hall–Kier alpha value is -3.49. The molecule has 1 rings (SSSR count). The molecular weight excluding hydrogens is 360 g/mol. The van der Waals surface area contributed by atoms with Crippen molar-refractivity contribution in [2.45, 2.75) is 24.9 Å². The maximum atomic E-state index is 13.1. The summed E-state index contributed by atoms with van der Waals surface area (Å²) in [6.07, 6.45) is 2.45. The van der Waals surface area contributed by atoms with Gasteiger partial charge in [0.1, 0.15) is 0 Å². The van der Waals surface area contributed by atoms with Gasteiger partial charge in [-0.25, -0.2) is 19.2 Å². The van der Waals surface area contributed by atoms with Gasteiger partial charge in [-0.15, -0.1) is 0 Å². The van der Waals surface area contributed by atoms with Crippen molar-refractivity contribution >= 4 is 29.7 Å². The quantitative estimate of drug-likeness (QED) is 0.344. The fourth-order valence-corrected chi connectivity index (χ4v) is 2.42. The number of esters is 4. The molecule has 27 heavy (non-hydrogen) atoms. The van der Waals surface area contributed by atoms with Gasteiger partial charge in [-0.1, -0.05) is 33.2 Å². The van der Waals surface area contributed by atoms with Crippen molar-refractivity contribution in [3.63, 3.8) is 0 Å². The zero-order valence-electron chi connectivity index (χ0n) is 14.6. The second-order valence-electron chi connectivity index (χ2n) is 5.36. The third kappa shape index (κ3) is 4.20. The lowest BCUT2D eigenvalue weighted by Crippen LogP contribution is -2.54. The first kappa shape index (κ1) is 21.6. The normalized spacial score (nSPS) is 19.1. The van der Waals surface area contributed by atoms with E-state index in [-0.39, 0.29) is 0 Å². The minimum atomic E-state index is -2.54. The van der Waals surface area contributed by atoms with E-state index in [2.05, 4.69) is 26.3 Å². The van der Waals surface area contributed by atoms with Crippen molar-refractivity contribution in [2.24, 2.45) is 5.92 Å². The molecule has 0 aromatic carbocycles. The van der Waals surface area contributed by atoms with Gasteiger partial charge in [0.2, 0.25) is 0 Å². The van der Waals surface area contributed by atoms with Gasteiger partial charge < -0.3 is 18.9 Å². The molecule has 9 heteroatoms. The van der Waals surface area contributed by atoms with Crippen molar-refractivity contribution in [1.82, 2.24) is 0 Å². The summed E-state index contributed by atoms with van der Waals surface area (Å²) in [4.78, 5) is 60.0. The fraction of sp³-hybridized carbons (Fsp3) is 0.278. The minimum absolute atomic E-state index is 0.472. The molecule has 0 radical (unpaired) electrons. The Morgan fingerprint density at radius 2 is 1.15 bits per heavy atom. The maximum Gasteiger partial charge on any atom is 0.333 e. The first-order valence-electron chi connectivity index (χ1n) is 7.57. The predicted molar refractivity (Wildman–Crippen MR) is 89.4 cm³/mol. The Kier molecular flexibility index (Phi) is 6.59. The molecule has 0 spiro atoms. The van der Waals surface area contributed by atoms with Gasteiger partial charge in [0, 0.05) is 36.6 Å². The summed E-state index contributed by atoms with van der Waals surface area (Å²) in [5, 5.41) is 0. The zero-order chi connectivity index (χ0) is 20.8. The second-order valence-corrected chi connectivity index (χ2v) is 5.36. The lowest BCUT2D eigenvalue weighted by atomic mass is 10.0. The summed E-state index contributed by atoms with van der Waals surface area (Å²) in [5.74, 6) is -11.9. The van der Waals surface area contributed by atoms with Gasteiger partial charge in [0.15, 0.2) is 0 Å². The number of hydrogen-bond donors (Lipinski definition) is 0. The third-order valence-corrected chi connectivity index (χ3v) is 3.59. The smallest absolute Gasteiger partial charge is 0.333 e. The van der Waals surface area contributed by atoms with Gasteiger partial charge >= 0.3 is 41.2 Å². The highest BCUT2D eigenvalue weighted by Gasteiger charge is 2.71. The number of carbonyl (C=O) groups excluding carboxylic acids is 5. The molecule has 0 N–H and O–H groups in total. The summed E-state index contributed by atoms with van der Waals surface area (Å²) in [6.45, 7) is 14.1. The van der Waals surface area contributed by atoms with Crippen LogP contribution in [0.25, 0.3) is 0 Å². The molecule has 1 aliphatic carbocycles. The van der Waals surface area contributed by atoms with Gasteiger partial charge in [0.05, 0.1) is 0 Å². The maximum absolute atomic E-state index is 13.1. The largest absolute Gasteiger partial charge is 0.411 e. The standard InChI is InChI=1S/C18H18O9/c1-6-12(19)24-17(25-13(20)7-2)10-11(5)18(16(17)23,26-14(21)8-3)27-15(22)9-4/h6-9,11H,1-4,10H2,5H3. The third-order valence-electron chi connectivity index (χ3n) is 3.59. The second kappa shape index (κ2) is 8.26. The Bertz CT molecular complexity index is 687. The molecule has 1 saturated carbocycles. The molecule has 0 amide bonds. The number of hydrogen-bond acceptors (Lipinski definition) is 9. The van der Waals surface area contributed by atoms with E-state index in [1.165, 1.54) is 6.92 Å². The summed E-state index contributed by atoms with van der Waals surface area (Å²) in [7, 11) is 0. The average Bonchev–Trinajstić information content (AvgIpc) is 2.82. The monoisotopic (exact) mass is 378 g/mol. The molecule has 1 atom stereocenters. The van der Waals surface area contributed by atoms with E-state index in [0.717, 1.165) is 24.3 Å². The van der Waals surface area contributed by atoms with Crippen molar-refractivity contribution in [3.05, 3.63) is 50.6 Å². The van der Waals surface area contributed by atoms with E-state index < -0.39 is 53.6 Å². The predicted octanol–water partition coefficient (Wildman–Crippen LogP) is 0.905. The van der Waals surface area contributed by atoms with Crippen LogP contribution in [0.1, 0.15) is 13.3 Å². The molecule has 0 aliphatic heterocycles. The SMILES string of the molecule is C=CC(=O)OC1(OC(=O)C=C)CC(C)C(OC(=O)C=C)(OC(=O)C=C)C1=O. The number of ether oxygens (including phenoxy) is 4. The van der Waals surface area contributed by atoms with Crippen LogP contribution in [0.2, 0.25) is 0 Å². The number of Topliss-reactive ketones (excluding diaryl/α,β-unsaturated/α-hetero) is 1. The first-order chi connectivity index (χ1) is 12.6. The Labute approximate surface area is 154 Å². The summed E-state index contributed by atoms with van der Waals surface area (Å²) in [6, 6.07) is 0. The van der Waals surface area contributed by atoms with Crippen LogP contribution in [0.5, 0.6) is 0 Å². The van der Waals surface area contributed by atoms with Crippen molar-refractivity contribution in [3.8, 4) is 0 Å². The highest BCUT2D eigenvalue weighted by atomic mass is 16.8. The molecule has 0 heterocycles. The van der Waals surface area contributed by atoms with Crippen molar-refractivity contribution in [2.75, 3.05) is 0 Å². The number of carbonyl (C=O) groups is 5. The Morgan fingerprint density at radius 1 is 0.815 bits per heavy atom. The van der Waals surface area contributed by atoms with Crippen LogP contribution in [-0.2, 0) is 42.9 Å².